The minimum absolute atomic E-state index is 0.0357. The number of likely N-dealkylation sites (N-methyl/N-ethyl adjacent to an activating group) is 1. The highest BCUT2D eigenvalue weighted by Gasteiger charge is 2.22. The lowest BCUT2D eigenvalue weighted by Crippen LogP contribution is -2.37. The average Bonchev–Trinajstić information content (AvgIpc) is 2.54. The van der Waals surface area contributed by atoms with Crippen molar-refractivity contribution in [1.29, 1.82) is 0 Å². The predicted octanol–water partition coefficient (Wildman–Crippen LogP) is 25.6. The van der Waals surface area contributed by atoms with Crippen molar-refractivity contribution >= 4 is 19.8 Å². The molecular formula is C86H146NO8P. The van der Waals surface area contributed by atoms with Gasteiger partial charge in [0.1, 0.15) is 19.8 Å². The number of nitrogens with zero attached hydrogens (tertiary/aromatic N) is 1. The van der Waals surface area contributed by atoms with Gasteiger partial charge in [0.15, 0.2) is 6.10 Å². The fraction of sp³-hybridized carbons (Fsp3) is 0.674. The normalized spacial score (nSPS) is 13.9. The number of ether oxygens (including phenoxy) is 2. The minimum atomic E-state index is -4.65. The Morgan fingerprint density at radius 2 is 0.562 bits per heavy atom. The number of esters is 2. The second-order valence-corrected chi connectivity index (χ2v) is 28.4. The van der Waals surface area contributed by atoms with Crippen LogP contribution in [0.3, 0.4) is 0 Å². The van der Waals surface area contributed by atoms with E-state index in [0.717, 1.165) is 122 Å². The molecule has 2 unspecified atom stereocenters. The van der Waals surface area contributed by atoms with Crippen LogP contribution in [-0.2, 0) is 32.7 Å². The monoisotopic (exact) mass is 1350 g/mol. The molecule has 0 aliphatic rings. The number of phosphoric ester groups is 1. The summed E-state index contributed by atoms with van der Waals surface area (Å²) in [5.74, 6) is -0.830. The Morgan fingerprint density at radius 1 is 0.323 bits per heavy atom. The van der Waals surface area contributed by atoms with Crippen LogP contribution in [0.1, 0.15) is 322 Å². The second-order valence-electron chi connectivity index (χ2n) is 27.0. The molecule has 2 atom stereocenters. The Hall–Kier alpha value is -4.37. The van der Waals surface area contributed by atoms with E-state index in [1.807, 2.05) is 21.1 Å². The number of carbonyl (C=O) groups is 2. The topological polar surface area (TPSA) is 111 Å². The number of hydrogen-bond acceptors (Lipinski definition) is 8. The molecule has 548 valence electrons. The maximum atomic E-state index is 12.9. The Balaban J connectivity index is 4.01. The van der Waals surface area contributed by atoms with Crippen LogP contribution in [0, 0.1) is 0 Å². The Labute approximate surface area is 592 Å². The lowest BCUT2D eigenvalue weighted by atomic mass is 10.0. The van der Waals surface area contributed by atoms with Gasteiger partial charge in [-0.3, -0.25) is 14.2 Å². The quantitative estimate of drug-likeness (QED) is 0.0195. The fourth-order valence-corrected chi connectivity index (χ4v) is 11.4. The van der Waals surface area contributed by atoms with Gasteiger partial charge >= 0.3 is 11.9 Å². The zero-order valence-electron chi connectivity index (χ0n) is 62.5. The van der Waals surface area contributed by atoms with Crippen LogP contribution in [0.4, 0.5) is 0 Å². The maximum Gasteiger partial charge on any atom is 0.306 e. The number of unbranched alkanes of at least 4 members (excludes halogenated alkanes) is 31. The summed E-state index contributed by atoms with van der Waals surface area (Å²) in [6.45, 7) is 4.03. The molecule has 0 spiro atoms. The van der Waals surface area contributed by atoms with Crippen LogP contribution in [0.2, 0.25) is 0 Å². The van der Waals surface area contributed by atoms with Crippen LogP contribution >= 0.6 is 7.82 Å². The number of quaternary nitrogens is 1. The smallest absolute Gasteiger partial charge is 0.306 e. The standard InChI is InChI=1S/C86H146NO8P/c1-6-8-10-12-14-16-18-20-22-24-26-28-30-32-34-36-38-39-40-41-42-43-44-45-46-47-49-51-53-55-57-59-61-63-65-67-69-71-73-75-77-79-86(89)95-84(83-94-96(90,91)93-81-80-87(3,4)5)82-92-85(88)78-76-74-72-70-68-66-64-62-60-58-56-54-52-50-48-37-35-33-31-29-27-25-23-21-19-17-15-13-11-9-7-2/h8-11,14-17,20-23,26-29,32,34,38-39,41-42,44-45,47,49,84H,6-7,12-13,18-19,24-25,30-31,33,35-37,40,43,46,48,50-83H2,1-5H3/b10-8-,11-9-,16-14-,17-15-,22-20-,23-21-,28-26-,29-27-,34-32-,39-38-,42-41-,45-44-,49-47-. The summed E-state index contributed by atoms with van der Waals surface area (Å²) in [6.07, 6.45) is 112. The molecule has 0 bridgehead atoms. The van der Waals surface area contributed by atoms with Crippen molar-refractivity contribution in [3.05, 3.63) is 158 Å². The summed E-state index contributed by atoms with van der Waals surface area (Å²) in [5.41, 5.74) is 0. The highest BCUT2D eigenvalue weighted by atomic mass is 31.2. The van der Waals surface area contributed by atoms with Crippen molar-refractivity contribution in [3.8, 4) is 0 Å². The summed E-state index contributed by atoms with van der Waals surface area (Å²) < 4.78 is 34.4. The van der Waals surface area contributed by atoms with E-state index in [1.54, 1.807) is 0 Å². The molecule has 0 aromatic carbocycles. The van der Waals surface area contributed by atoms with E-state index in [4.69, 9.17) is 18.5 Å². The van der Waals surface area contributed by atoms with E-state index in [1.165, 1.54) is 167 Å². The Kier molecular flexibility index (Phi) is 71.4. The number of rotatable bonds is 71. The Morgan fingerprint density at radius 3 is 0.833 bits per heavy atom. The van der Waals surface area contributed by atoms with Crippen LogP contribution in [0.15, 0.2) is 158 Å². The second kappa shape index (κ2) is 74.8. The van der Waals surface area contributed by atoms with Gasteiger partial charge in [-0.05, 0) is 122 Å². The number of allylic oxidation sites excluding steroid dienone is 26. The zero-order valence-corrected chi connectivity index (χ0v) is 63.4. The first kappa shape index (κ1) is 91.6. The molecule has 9 nitrogen and oxygen atoms in total. The van der Waals surface area contributed by atoms with E-state index >= 15 is 0 Å². The number of carbonyl (C=O) groups excluding carboxylic acids is 2. The van der Waals surface area contributed by atoms with Crippen molar-refractivity contribution in [1.82, 2.24) is 0 Å². The average molecular weight is 1350 g/mol. The molecule has 96 heavy (non-hydrogen) atoms. The number of phosphoric acid groups is 1. The summed E-state index contributed by atoms with van der Waals surface area (Å²) in [4.78, 5) is 38.2. The van der Waals surface area contributed by atoms with Gasteiger partial charge in [-0.1, -0.05) is 345 Å². The Bertz CT molecular complexity index is 2180. The van der Waals surface area contributed by atoms with Gasteiger partial charge in [0, 0.05) is 12.8 Å². The molecule has 0 fully saturated rings. The van der Waals surface area contributed by atoms with Gasteiger partial charge in [-0.25, -0.2) is 0 Å². The molecule has 0 amide bonds. The highest BCUT2D eigenvalue weighted by Crippen LogP contribution is 2.38. The molecule has 0 radical (unpaired) electrons. The summed E-state index contributed by atoms with van der Waals surface area (Å²) in [6, 6.07) is 0. The first-order valence-corrected chi connectivity index (χ1v) is 40.7. The third-order valence-corrected chi connectivity index (χ3v) is 17.5. The molecule has 0 aromatic rings. The lowest BCUT2D eigenvalue weighted by Gasteiger charge is -2.28. The van der Waals surface area contributed by atoms with E-state index in [0.29, 0.717) is 17.4 Å². The number of hydrogen-bond donors (Lipinski definition) is 0. The fourth-order valence-electron chi connectivity index (χ4n) is 10.6. The molecule has 0 aromatic heterocycles. The predicted molar refractivity (Wildman–Crippen MR) is 415 cm³/mol. The van der Waals surface area contributed by atoms with Gasteiger partial charge in [0.05, 0.1) is 27.7 Å². The van der Waals surface area contributed by atoms with E-state index in [-0.39, 0.29) is 32.0 Å². The van der Waals surface area contributed by atoms with Crippen molar-refractivity contribution in [2.75, 3.05) is 47.5 Å². The van der Waals surface area contributed by atoms with Crippen LogP contribution in [0.5, 0.6) is 0 Å². The van der Waals surface area contributed by atoms with Crippen molar-refractivity contribution < 1.29 is 42.1 Å². The molecule has 10 heteroatoms. The van der Waals surface area contributed by atoms with Crippen LogP contribution < -0.4 is 4.89 Å². The summed E-state index contributed by atoms with van der Waals surface area (Å²) in [5, 5.41) is 0. The summed E-state index contributed by atoms with van der Waals surface area (Å²) in [7, 11) is 1.16. The highest BCUT2D eigenvalue weighted by molar-refractivity contribution is 7.45. The molecule has 0 N–H and O–H groups in total. The molecular weight excluding hydrogens is 1210 g/mol. The van der Waals surface area contributed by atoms with Gasteiger partial charge in [-0.15, -0.1) is 0 Å². The zero-order chi connectivity index (χ0) is 69.7. The van der Waals surface area contributed by atoms with Crippen molar-refractivity contribution in [2.24, 2.45) is 0 Å². The largest absolute Gasteiger partial charge is 0.756 e. The minimum Gasteiger partial charge on any atom is -0.756 e. The van der Waals surface area contributed by atoms with E-state index in [2.05, 4.69) is 172 Å². The van der Waals surface area contributed by atoms with E-state index < -0.39 is 26.5 Å². The molecule has 0 aliphatic heterocycles. The first-order valence-electron chi connectivity index (χ1n) is 39.2. The van der Waals surface area contributed by atoms with Gasteiger partial charge in [0.25, 0.3) is 7.82 Å². The molecule has 0 saturated carbocycles. The van der Waals surface area contributed by atoms with Crippen LogP contribution in [-0.4, -0.2) is 70.0 Å². The molecule has 0 saturated heterocycles. The molecule has 0 rings (SSSR count). The van der Waals surface area contributed by atoms with Gasteiger partial charge in [-0.2, -0.15) is 0 Å². The molecule has 0 aliphatic carbocycles. The molecule has 0 heterocycles. The van der Waals surface area contributed by atoms with Crippen LogP contribution in [0.25, 0.3) is 0 Å². The van der Waals surface area contributed by atoms with Gasteiger partial charge in [0.2, 0.25) is 0 Å². The van der Waals surface area contributed by atoms with Gasteiger partial charge < -0.3 is 27.9 Å². The van der Waals surface area contributed by atoms with Crippen molar-refractivity contribution in [2.45, 2.75) is 328 Å². The van der Waals surface area contributed by atoms with E-state index in [9.17, 15) is 19.0 Å². The maximum absolute atomic E-state index is 12.9. The third kappa shape index (κ3) is 78.6. The third-order valence-electron chi connectivity index (χ3n) is 16.5. The lowest BCUT2D eigenvalue weighted by molar-refractivity contribution is -0.870. The summed E-state index contributed by atoms with van der Waals surface area (Å²) >= 11 is 0. The first-order chi connectivity index (χ1) is 47.0. The SMILES string of the molecule is CC/C=C\C/C=C\C/C=C\C/C=C\C/C=C\C/C=C\C/C=C\C/C=C\C/C=C\CCCCCCCCCCCCCCCC(=O)OC(COC(=O)CCCCCCCCCCCCCCCCCCCC/C=C\C/C=C\C/C=C\C/C=C\CC)COP(=O)([O-])OCC[N+](C)(C)C. The van der Waals surface area contributed by atoms with Crippen molar-refractivity contribution in [3.63, 3.8) is 0 Å².